The number of carbonyl (C=O) groups excluding carboxylic acids is 1. The Hall–Kier alpha value is -2.69. The first-order valence-corrected chi connectivity index (χ1v) is 9.19. The summed E-state index contributed by atoms with van der Waals surface area (Å²) in [6, 6.07) is 13.2. The number of methoxy groups -OCH3 is 1. The fourth-order valence-electron chi connectivity index (χ4n) is 3.35. The second kappa shape index (κ2) is 7.51. The van der Waals surface area contributed by atoms with Crippen molar-refractivity contribution >= 4 is 5.91 Å². The van der Waals surface area contributed by atoms with Crippen LogP contribution in [0.2, 0.25) is 0 Å². The SMILES string of the molecule is COc1ccccc1OC(C)C(=O)NC1CC(C)(C)Oc2ccc(C)cc21. The van der Waals surface area contributed by atoms with Crippen LogP contribution in [0.4, 0.5) is 0 Å². The van der Waals surface area contributed by atoms with Gasteiger partial charge in [0, 0.05) is 12.0 Å². The van der Waals surface area contributed by atoms with Gasteiger partial charge in [-0.2, -0.15) is 0 Å². The zero-order valence-electron chi connectivity index (χ0n) is 16.5. The topological polar surface area (TPSA) is 56.8 Å². The smallest absolute Gasteiger partial charge is 0.261 e. The number of nitrogens with one attached hydrogen (secondary N) is 1. The zero-order chi connectivity index (χ0) is 19.6. The van der Waals surface area contributed by atoms with E-state index >= 15 is 0 Å². The highest BCUT2D eigenvalue weighted by Crippen LogP contribution is 2.40. The minimum absolute atomic E-state index is 0.125. The van der Waals surface area contributed by atoms with Gasteiger partial charge in [-0.05, 0) is 45.9 Å². The number of aryl methyl sites for hydroxylation is 1. The Morgan fingerprint density at radius 1 is 1.22 bits per heavy atom. The lowest BCUT2D eigenvalue weighted by atomic mass is 9.89. The summed E-state index contributed by atoms with van der Waals surface area (Å²) in [7, 11) is 1.58. The zero-order valence-corrected chi connectivity index (χ0v) is 16.5. The average Bonchev–Trinajstić information content (AvgIpc) is 2.62. The van der Waals surface area contributed by atoms with Crippen LogP contribution in [-0.2, 0) is 4.79 Å². The van der Waals surface area contributed by atoms with Gasteiger partial charge in [0.2, 0.25) is 0 Å². The predicted octanol–water partition coefficient (Wildman–Crippen LogP) is 4.19. The first kappa shape index (κ1) is 19.1. The van der Waals surface area contributed by atoms with Gasteiger partial charge in [-0.1, -0.05) is 29.8 Å². The molecule has 0 aromatic heterocycles. The molecule has 0 aliphatic carbocycles. The third kappa shape index (κ3) is 4.35. The quantitative estimate of drug-likeness (QED) is 0.859. The van der Waals surface area contributed by atoms with Gasteiger partial charge in [-0.25, -0.2) is 0 Å². The van der Waals surface area contributed by atoms with Crippen molar-refractivity contribution in [3.8, 4) is 17.2 Å². The van der Waals surface area contributed by atoms with Gasteiger partial charge < -0.3 is 19.5 Å². The fraction of sp³-hybridized carbons (Fsp3) is 0.409. The maximum absolute atomic E-state index is 12.8. The Kier molecular flexibility index (Phi) is 5.31. The Balaban J connectivity index is 1.76. The molecule has 2 atom stereocenters. The van der Waals surface area contributed by atoms with Crippen LogP contribution in [0, 0.1) is 6.92 Å². The van der Waals surface area contributed by atoms with Crippen LogP contribution < -0.4 is 19.5 Å². The number of hydrogen-bond acceptors (Lipinski definition) is 4. The molecule has 1 N–H and O–H groups in total. The minimum atomic E-state index is -0.652. The first-order chi connectivity index (χ1) is 12.8. The summed E-state index contributed by atoms with van der Waals surface area (Å²) in [5.74, 6) is 1.80. The summed E-state index contributed by atoms with van der Waals surface area (Å²) >= 11 is 0. The molecule has 0 bridgehead atoms. The van der Waals surface area contributed by atoms with Crippen LogP contribution in [0.1, 0.15) is 44.4 Å². The monoisotopic (exact) mass is 369 g/mol. The Morgan fingerprint density at radius 3 is 2.63 bits per heavy atom. The molecule has 1 aliphatic rings. The van der Waals surface area contributed by atoms with E-state index in [1.807, 2.05) is 45.0 Å². The van der Waals surface area contributed by atoms with Crippen molar-refractivity contribution in [2.45, 2.75) is 51.9 Å². The van der Waals surface area contributed by atoms with E-state index in [0.29, 0.717) is 17.9 Å². The molecule has 0 spiro atoms. The van der Waals surface area contributed by atoms with Crippen molar-refractivity contribution in [2.75, 3.05) is 7.11 Å². The highest BCUT2D eigenvalue weighted by molar-refractivity contribution is 5.81. The number of amides is 1. The van der Waals surface area contributed by atoms with Gasteiger partial charge in [0.05, 0.1) is 13.2 Å². The van der Waals surface area contributed by atoms with Crippen molar-refractivity contribution in [3.05, 3.63) is 53.6 Å². The number of para-hydroxylation sites is 2. The normalized spacial score (nSPS) is 18.6. The molecule has 3 rings (SSSR count). The lowest BCUT2D eigenvalue weighted by molar-refractivity contribution is -0.128. The fourth-order valence-corrected chi connectivity index (χ4v) is 3.35. The number of rotatable bonds is 5. The van der Waals surface area contributed by atoms with Crippen molar-refractivity contribution in [1.29, 1.82) is 0 Å². The number of benzene rings is 2. The third-order valence-electron chi connectivity index (χ3n) is 4.68. The molecule has 0 saturated carbocycles. The van der Waals surface area contributed by atoms with E-state index in [1.54, 1.807) is 26.2 Å². The van der Waals surface area contributed by atoms with Crippen LogP contribution in [-0.4, -0.2) is 24.7 Å². The highest BCUT2D eigenvalue weighted by atomic mass is 16.5. The molecule has 2 aromatic rings. The van der Waals surface area contributed by atoms with E-state index in [1.165, 1.54) is 0 Å². The molecule has 0 fully saturated rings. The predicted molar refractivity (Wildman–Crippen MR) is 104 cm³/mol. The molecule has 27 heavy (non-hydrogen) atoms. The van der Waals surface area contributed by atoms with E-state index in [0.717, 1.165) is 16.9 Å². The summed E-state index contributed by atoms with van der Waals surface area (Å²) < 4.78 is 17.2. The van der Waals surface area contributed by atoms with Crippen LogP contribution in [0.25, 0.3) is 0 Å². The van der Waals surface area contributed by atoms with E-state index in [4.69, 9.17) is 14.2 Å². The summed E-state index contributed by atoms with van der Waals surface area (Å²) in [5, 5.41) is 3.13. The van der Waals surface area contributed by atoms with Gasteiger partial charge in [0.25, 0.3) is 5.91 Å². The van der Waals surface area contributed by atoms with E-state index in [2.05, 4.69) is 11.4 Å². The Labute approximate surface area is 160 Å². The first-order valence-electron chi connectivity index (χ1n) is 9.19. The van der Waals surface area contributed by atoms with Crippen molar-refractivity contribution in [2.24, 2.45) is 0 Å². The number of hydrogen-bond donors (Lipinski definition) is 1. The second-order valence-electron chi connectivity index (χ2n) is 7.58. The van der Waals surface area contributed by atoms with E-state index in [-0.39, 0.29) is 17.6 Å². The Bertz CT molecular complexity index is 831. The Morgan fingerprint density at radius 2 is 1.93 bits per heavy atom. The second-order valence-corrected chi connectivity index (χ2v) is 7.58. The van der Waals surface area contributed by atoms with Crippen molar-refractivity contribution in [3.63, 3.8) is 0 Å². The summed E-state index contributed by atoms with van der Waals surface area (Å²) in [6.07, 6.45) is 0.0387. The maximum atomic E-state index is 12.8. The molecule has 5 nitrogen and oxygen atoms in total. The minimum Gasteiger partial charge on any atom is -0.493 e. The van der Waals surface area contributed by atoms with Crippen LogP contribution in [0.15, 0.2) is 42.5 Å². The van der Waals surface area contributed by atoms with Gasteiger partial charge in [-0.15, -0.1) is 0 Å². The van der Waals surface area contributed by atoms with Crippen molar-refractivity contribution < 1.29 is 19.0 Å². The molecule has 5 heteroatoms. The molecule has 2 aromatic carbocycles. The summed E-state index contributed by atoms with van der Waals surface area (Å²) in [6.45, 7) is 7.84. The number of fused-ring (bicyclic) bond motifs is 1. The van der Waals surface area contributed by atoms with Gasteiger partial charge in [-0.3, -0.25) is 4.79 Å². The standard InChI is InChI=1S/C22H27NO4/c1-14-10-11-18-16(12-14)17(13-22(3,4)27-18)23-21(24)15(2)26-20-9-7-6-8-19(20)25-5/h6-12,15,17H,13H2,1-5H3,(H,23,24). The van der Waals surface area contributed by atoms with E-state index in [9.17, 15) is 4.79 Å². The number of ether oxygens (including phenoxy) is 3. The molecular formula is C22H27NO4. The molecule has 2 unspecified atom stereocenters. The molecule has 144 valence electrons. The van der Waals surface area contributed by atoms with Crippen LogP contribution in [0.3, 0.4) is 0 Å². The van der Waals surface area contributed by atoms with Crippen LogP contribution in [0.5, 0.6) is 17.2 Å². The van der Waals surface area contributed by atoms with Gasteiger partial charge in [0.1, 0.15) is 11.4 Å². The highest BCUT2D eigenvalue weighted by Gasteiger charge is 2.35. The van der Waals surface area contributed by atoms with Gasteiger partial charge in [0.15, 0.2) is 17.6 Å². The summed E-state index contributed by atoms with van der Waals surface area (Å²) in [5.41, 5.74) is 1.79. The third-order valence-corrected chi connectivity index (χ3v) is 4.68. The molecule has 1 heterocycles. The average molecular weight is 369 g/mol. The maximum Gasteiger partial charge on any atom is 0.261 e. The van der Waals surface area contributed by atoms with E-state index < -0.39 is 6.10 Å². The van der Waals surface area contributed by atoms with Crippen molar-refractivity contribution in [1.82, 2.24) is 5.32 Å². The molecule has 0 radical (unpaired) electrons. The molecular weight excluding hydrogens is 342 g/mol. The summed E-state index contributed by atoms with van der Waals surface area (Å²) in [4.78, 5) is 12.8. The lowest BCUT2D eigenvalue weighted by Crippen LogP contribution is -2.44. The number of carbonyl (C=O) groups is 1. The lowest BCUT2D eigenvalue weighted by Gasteiger charge is -2.38. The molecule has 1 amide bonds. The van der Waals surface area contributed by atoms with Gasteiger partial charge >= 0.3 is 0 Å². The molecule has 1 aliphatic heterocycles. The largest absolute Gasteiger partial charge is 0.493 e. The molecule has 0 saturated heterocycles. The van der Waals surface area contributed by atoms with Crippen LogP contribution >= 0.6 is 0 Å².